The highest BCUT2D eigenvalue weighted by molar-refractivity contribution is 5.96. The van der Waals surface area contributed by atoms with E-state index in [4.69, 9.17) is 11.5 Å². The molecule has 0 aliphatic heterocycles. The molecule has 1 aliphatic rings. The van der Waals surface area contributed by atoms with Crippen molar-refractivity contribution in [3.8, 4) is 0 Å². The lowest BCUT2D eigenvalue weighted by Gasteiger charge is -2.08. The zero-order valence-electron chi connectivity index (χ0n) is 6.04. The van der Waals surface area contributed by atoms with Crippen LogP contribution in [0.4, 0.5) is 0 Å². The maximum atomic E-state index is 10.8. The molecule has 1 rings (SSSR count). The molecule has 1 fully saturated rings. The highest BCUT2D eigenvalue weighted by atomic mass is 16.2. The van der Waals surface area contributed by atoms with Gasteiger partial charge >= 0.3 is 0 Å². The summed E-state index contributed by atoms with van der Waals surface area (Å²) in [6.45, 7) is 3.42. The molecule has 11 heavy (non-hydrogen) atoms. The monoisotopic (exact) mass is 154 g/mol. The molecule has 0 heterocycles. The number of carbonyl (C=O) groups is 2. The molecule has 4 heteroatoms. The number of hydrogen-bond donors (Lipinski definition) is 2. The van der Waals surface area contributed by atoms with Crippen LogP contribution in [0.15, 0.2) is 12.7 Å². The highest BCUT2D eigenvalue weighted by Crippen LogP contribution is 2.53. The first-order valence-corrected chi connectivity index (χ1v) is 3.21. The van der Waals surface area contributed by atoms with Crippen molar-refractivity contribution in [2.75, 3.05) is 0 Å². The van der Waals surface area contributed by atoms with Gasteiger partial charge < -0.3 is 16.3 Å². The van der Waals surface area contributed by atoms with Gasteiger partial charge in [0.15, 0.2) is 0 Å². The van der Waals surface area contributed by atoms with Gasteiger partial charge in [0.05, 0.1) is 11.0 Å². The van der Waals surface area contributed by atoms with Crippen LogP contribution < -0.4 is 11.5 Å². The fraction of sp³-hybridized carbons (Fsp3) is 0.429. The van der Waals surface area contributed by atoms with Crippen molar-refractivity contribution < 1.29 is 9.59 Å². The van der Waals surface area contributed by atoms with Crippen LogP contribution in [-0.2, 0) is 9.59 Å². The summed E-state index contributed by atoms with van der Waals surface area (Å²) in [7, 11) is 0. The minimum Gasteiger partial charge on any atom is -0.369 e. The molecule has 0 bridgehead atoms. The van der Waals surface area contributed by atoms with Crippen molar-refractivity contribution in [1.82, 2.24) is 0 Å². The zero-order chi connectivity index (χ0) is 8.70. The Morgan fingerprint density at radius 2 is 2.18 bits per heavy atom. The molecule has 0 saturated heterocycles. The number of primary amides is 1. The summed E-state index contributed by atoms with van der Waals surface area (Å²) in [4.78, 5) is 21.2. The van der Waals surface area contributed by atoms with Gasteiger partial charge in [0.1, 0.15) is 6.29 Å². The molecule has 60 valence electrons. The van der Waals surface area contributed by atoms with E-state index in [-0.39, 0.29) is 6.42 Å². The molecule has 4 nitrogen and oxygen atoms in total. The van der Waals surface area contributed by atoms with Crippen LogP contribution in [0.2, 0.25) is 0 Å². The number of rotatable bonds is 3. The summed E-state index contributed by atoms with van der Waals surface area (Å²) in [5.74, 6) is -0.581. The van der Waals surface area contributed by atoms with Gasteiger partial charge in [0.25, 0.3) is 0 Å². The van der Waals surface area contributed by atoms with Gasteiger partial charge in [0.2, 0.25) is 5.91 Å². The van der Waals surface area contributed by atoms with E-state index in [1.165, 1.54) is 6.08 Å². The van der Waals surface area contributed by atoms with E-state index in [2.05, 4.69) is 6.58 Å². The maximum Gasteiger partial charge on any atom is 0.229 e. The second-order valence-electron chi connectivity index (χ2n) is 2.87. The van der Waals surface area contributed by atoms with Crippen molar-refractivity contribution in [2.24, 2.45) is 16.9 Å². The summed E-state index contributed by atoms with van der Waals surface area (Å²) in [6.07, 6.45) is 2.19. The minimum atomic E-state index is -1.10. The number of nitrogens with two attached hydrogens (primary N) is 2. The molecule has 0 spiro atoms. The SMILES string of the molecule is C=C[C@@]1(C(N)=O)C[C@]1(N)C=O. The van der Waals surface area contributed by atoms with Crippen LogP contribution in [0.3, 0.4) is 0 Å². The normalized spacial score (nSPS) is 41.2. The average Bonchev–Trinajstić information content (AvgIpc) is 2.59. The van der Waals surface area contributed by atoms with Crippen LogP contribution >= 0.6 is 0 Å². The summed E-state index contributed by atoms with van der Waals surface area (Å²) in [5.41, 5.74) is 8.45. The van der Waals surface area contributed by atoms with Crippen molar-refractivity contribution >= 4 is 12.2 Å². The molecule has 2 atom stereocenters. The molecular formula is C7H10N2O2. The third kappa shape index (κ3) is 0.728. The molecule has 1 saturated carbocycles. The fourth-order valence-corrected chi connectivity index (χ4v) is 1.24. The Balaban J connectivity index is 2.95. The molecule has 0 aromatic rings. The minimum absolute atomic E-state index is 0.280. The van der Waals surface area contributed by atoms with E-state index in [1.54, 1.807) is 0 Å². The van der Waals surface area contributed by atoms with Gasteiger partial charge in [-0.1, -0.05) is 6.08 Å². The van der Waals surface area contributed by atoms with E-state index >= 15 is 0 Å². The van der Waals surface area contributed by atoms with Crippen molar-refractivity contribution in [2.45, 2.75) is 12.0 Å². The Morgan fingerprint density at radius 3 is 2.27 bits per heavy atom. The van der Waals surface area contributed by atoms with Gasteiger partial charge in [0, 0.05) is 0 Å². The van der Waals surface area contributed by atoms with E-state index < -0.39 is 16.9 Å². The topological polar surface area (TPSA) is 86.2 Å². The predicted octanol–water partition coefficient (Wildman–Crippen LogP) is -1.06. The van der Waals surface area contributed by atoms with E-state index in [0.717, 1.165) is 0 Å². The largest absolute Gasteiger partial charge is 0.369 e. The number of carbonyl (C=O) groups excluding carboxylic acids is 2. The van der Waals surface area contributed by atoms with Gasteiger partial charge in [-0.25, -0.2) is 0 Å². The lowest BCUT2D eigenvalue weighted by Crippen LogP contribution is -2.39. The number of hydrogen-bond acceptors (Lipinski definition) is 3. The van der Waals surface area contributed by atoms with E-state index in [1.807, 2.05) is 0 Å². The molecule has 0 radical (unpaired) electrons. The third-order valence-electron chi connectivity index (χ3n) is 2.28. The molecular weight excluding hydrogens is 144 g/mol. The highest BCUT2D eigenvalue weighted by Gasteiger charge is 2.68. The van der Waals surface area contributed by atoms with Gasteiger partial charge in [-0.05, 0) is 6.42 Å². The van der Waals surface area contributed by atoms with Gasteiger partial charge in [-0.15, -0.1) is 6.58 Å². The Kier molecular flexibility index (Phi) is 1.38. The molecule has 0 unspecified atom stereocenters. The van der Waals surface area contributed by atoms with E-state index in [0.29, 0.717) is 6.29 Å². The van der Waals surface area contributed by atoms with Gasteiger partial charge in [-0.2, -0.15) is 0 Å². The Morgan fingerprint density at radius 1 is 1.64 bits per heavy atom. The first-order valence-electron chi connectivity index (χ1n) is 3.21. The van der Waals surface area contributed by atoms with Crippen molar-refractivity contribution in [1.29, 1.82) is 0 Å². The lowest BCUT2D eigenvalue weighted by molar-refractivity contribution is -0.123. The molecule has 1 amide bonds. The second kappa shape index (κ2) is 1.92. The summed E-state index contributed by atoms with van der Waals surface area (Å²) >= 11 is 0. The van der Waals surface area contributed by atoms with E-state index in [9.17, 15) is 9.59 Å². The molecule has 1 aliphatic carbocycles. The van der Waals surface area contributed by atoms with Crippen LogP contribution in [0, 0.1) is 5.41 Å². The first-order chi connectivity index (χ1) is 5.02. The average molecular weight is 154 g/mol. The lowest BCUT2D eigenvalue weighted by atomic mass is 10.0. The Labute approximate surface area is 64.2 Å². The Hall–Kier alpha value is -1.16. The number of aldehydes is 1. The second-order valence-corrected chi connectivity index (χ2v) is 2.87. The molecule has 4 N–H and O–H groups in total. The van der Waals surface area contributed by atoms with Crippen molar-refractivity contribution in [3.63, 3.8) is 0 Å². The molecule has 0 aromatic heterocycles. The Bertz CT molecular complexity index is 239. The fourth-order valence-electron chi connectivity index (χ4n) is 1.24. The first kappa shape index (κ1) is 7.94. The quantitative estimate of drug-likeness (QED) is 0.401. The standard InChI is InChI=1S/C7H10N2O2/c1-2-6(5(8)11)3-7(6,9)4-10/h2,4H,1,3,9H2,(H2,8,11)/t6-,7-/m0/s1. The zero-order valence-corrected chi connectivity index (χ0v) is 6.04. The maximum absolute atomic E-state index is 10.8. The number of amides is 1. The van der Waals surface area contributed by atoms with Crippen LogP contribution in [0.25, 0.3) is 0 Å². The molecule has 0 aromatic carbocycles. The summed E-state index contributed by atoms with van der Waals surface area (Å²) in [5, 5.41) is 0. The third-order valence-corrected chi connectivity index (χ3v) is 2.28. The van der Waals surface area contributed by atoms with Crippen molar-refractivity contribution in [3.05, 3.63) is 12.7 Å². The summed E-state index contributed by atoms with van der Waals surface area (Å²) < 4.78 is 0. The summed E-state index contributed by atoms with van der Waals surface area (Å²) in [6, 6.07) is 0. The smallest absolute Gasteiger partial charge is 0.229 e. The van der Waals surface area contributed by atoms with Gasteiger partial charge in [-0.3, -0.25) is 4.79 Å². The van der Waals surface area contributed by atoms with Crippen LogP contribution in [-0.4, -0.2) is 17.7 Å². The van der Waals surface area contributed by atoms with Crippen LogP contribution in [0.5, 0.6) is 0 Å². The van der Waals surface area contributed by atoms with Crippen LogP contribution in [0.1, 0.15) is 6.42 Å². The predicted molar refractivity (Wildman–Crippen MR) is 39.4 cm³/mol.